The van der Waals surface area contributed by atoms with Gasteiger partial charge in [0.25, 0.3) is 0 Å². The molecule has 1 aliphatic carbocycles. The van der Waals surface area contributed by atoms with Gasteiger partial charge in [0.1, 0.15) is 0 Å². The highest BCUT2D eigenvalue weighted by molar-refractivity contribution is 5.50. The molecule has 69 heavy (non-hydrogen) atoms. The van der Waals surface area contributed by atoms with Crippen LogP contribution in [0.25, 0.3) is 0 Å². The molecule has 0 amide bonds. The minimum Gasteiger partial charge on any atom is -0.198 e. The molecule has 0 radical (unpaired) electrons. The Balaban J connectivity index is 3.61. The van der Waals surface area contributed by atoms with Gasteiger partial charge >= 0.3 is 0 Å². The van der Waals surface area contributed by atoms with Gasteiger partial charge in [-0.25, -0.2) is 0 Å². The van der Waals surface area contributed by atoms with Crippen LogP contribution < -0.4 is 0 Å². The van der Waals surface area contributed by atoms with Gasteiger partial charge in [0.2, 0.25) is 0 Å². The molecular formula is C68H129N. The van der Waals surface area contributed by atoms with Gasteiger partial charge < -0.3 is 0 Å². The fourth-order valence-corrected chi connectivity index (χ4v) is 12.4. The summed E-state index contributed by atoms with van der Waals surface area (Å²) in [7, 11) is 0. The topological polar surface area (TPSA) is 23.8 Å². The number of hydrogen-bond donors (Lipinski definition) is 0. The summed E-state index contributed by atoms with van der Waals surface area (Å²) in [6.45, 7) is 16.4. The van der Waals surface area contributed by atoms with E-state index in [2.05, 4.69) is 54.5 Å². The molecule has 1 rings (SSSR count). The Morgan fingerprint density at radius 3 is 0.768 bits per heavy atom. The Bertz CT molecular complexity index is 1180. The van der Waals surface area contributed by atoms with Gasteiger partial charge in [-0.05, 0) is 67.1 Å². The van der Waals surface area contributed by atoms with Crippen LogP contribution in [0.5, 0.6) is 0 Å². The molecule has 0 saturated heterocycles. The lowest BCUT2D eigenvalue weighted by Gasteiger charge is -2.26. The van der Waals surface area contributed by atoms with Crippen LogP contribution in [0.3, 0.4) is 0 Å². The third-order valence-electron chi connectivity index (χ3n) is 17.1. The van der Waals surface area contributed by atoms with E-state index in [1.807, 2.05) is 11.1 Å². The van der Waals surface area contributed by atoms with Crippen LogP contribution in [-0.2, 0) is 0 Å². The molecule has 1 aliphatic rings. The second-order valence-electron chi connectivity index (χ2n) is 23.8. The molecule has 0 aromatic carbocycles. The summed E-state index contributed by atoms with van der Waals surface area (Å²) in [5, 5.41) is 10.8. The van der Waals surface area contributed by atoms with E-state index in [1.54, 1.807) is 11.1 Å². The average molecular weight is 961 g/mol. The number of allylic oxidation sites excluding steroid dienone is 4. The quantitative estimate of drug-likeness (QED) is 0.0557. The average Bonchev–Trinajstić information content (AvgIpc) is 3.68. The molecule has 0 N–H and O–H groups in total. The summed E-state index contributed by atoms with van der Waals surface area (Å²) in [4.78, 5) is 0. The molecule has 4 unspecified atom stereocenters. The Labute approximate surface area is 437 Å². The Morgan fingerprint density at radius 2 is 0.522 bits per heavy atom. The summed E-state index contributed by atoms with van der Waals surface area (Å²) >= 11 is 0. The van der Waals surface area contributed by atoms with Gasteiger partial charge in [0, 0.05) is 0 Å². The highest BCUT2D eigenvalue weighted by atomic mass is 14.4. The Hall–Kier alpha value is -1.03. The number of nitrogens with zero attached hydrogens (tertiary/aromatic N) is 1. The molecule has 0 aromatic rings. The first kappa shape index (κ1) is 66.0. The van der Waals surface area contributed by atoms with E-state index < -0.39 is 0 Å². The van der Waals surface area contributed by atoms with Crippen molar-refractivity contribution in [2.75, 3.05) is 0 Å². The number of rotatable bonds is 55. The van der Waals surface area contributed by atoms with Crippen LogP contribution in [0.15, 0.2) is 22.3 Å². The second-order valence-corrected chi connectivity index (χ2v) is 23.8. The molecule has 0 saturated carbocycles. The zero-order valence-corrected chi connectivity index (χ0v) is 49.0. The molecule has 0 bridgehead atoms. The maximum Gasteiger partial charge on any atom is 0.0697 e. The van der Waals surface area contributed by atoms with E-state index in [1.165, 1.54) is 327 Å². The number of hydrogen-bond acceptors (Lipinski definition) is 1. The molecule has 0 heterocycles. The van der Waals surface area contributed by atoms with Crippen molar-refractivity contribution in [3.63, 3.8) is 0 Å². The molecule has 0 aromatic heterocycles. The van der Waals surface area contributed by atoms with Crippen molar-refractivity contribution in [2.24, 2.45) is 23.7 Å². The van der Waals surface area contributed by atoms with E-state index in [0.717, 1.165) is 24.2 Å². The van der Waals surface area contributed by atoms with Crippen molar-refractivity contribution in [2.45, 2.75) is 382 Å². The highest BCUT2D eigenvalue weighted by Gasteiger charge is 2.31. The molecule has 406 valence electrons. The van der Waals surface area contributed by atoms with E-state index >= 15 is 0 Å². The summed E-state index contributed by atoms with van der Waals surface area (Å²) < 4.78 is 0. The smallest absolute Gasteiger partial charge is 0.0697 e. The van der Waals surface area contributed by atoms with Crippen LogP contribution in [-0.4, -0.2) is 0 Å². The van der Waals surface area contributed by atoms with Crippen LogP contribution in [0.1, 0.15) is 382 Å². The largest absolute Gasteiger partial charge is 0.198 e. The third-order valence-corrected chi connectivity index (χ3v) is 17.1. The number of nitriles is 1. The first-order valence-electron chi connectivity index (χ1n) is 32.8. The van der Waals surface area contributed by atoms with Crippen molar-refractivity contribution < 1.29 is 0 Å². The van der Waals surface area contributed by atoms with Gasteiger partial charge in [-0.15, -0.1) is 0 Å². The van der Waals surface area contributed by atoms with Crippen LogP contribution >= 0.6 is 0 Å². The van der Waals surface area contributed by atoms with E-state index in [-0.39, 0.29) is 5.92 Å². The minimum absolute atomic E-state index is 0.0414. The second kappa shape index (κ2) is 50.5. The molecule has 1 nitrogen and oxygen atoms in total. The predicted molar refractivity (Wildman–Crippen MR) is 313 cm³/mol. The zero-order chi connectivity index (χ0) is 50.1. The van der Waals surface area contributed by atoms with Gasteiger partial charge in [0.15, 0.2) is 0 Å². The van der Waals surface area contributed by atoms with Gasteiger partial charge in [-0.3, -0.25) is 0 Å². The van der Waals surface area contributed by atoms with Gasteiger partial charge in [-0.2, -0.15) is 5.26 Å². The van der Waals surface area contributed by atoms with Crippen LogP contribution in [0.2, 0.25) is 0 Å². The summed E-state index contributed by atoms with van der Waals surface area (Å²) in [5.41, 5.74) is 7.02. The van der Waals surface area contributed by atoms with Crippen molar-refractivity contribution >= 4 is 0 Å². The van der Waals surface area contributed by atoms with Crippen LogP contribution in [0.4, 0.5) is 0 Å². The van der Waals surface area contributed by atoms with Crippen LogP contribution in [0, 0.1) is 35.0 Å². The van der Waals surface area contributed by atoms with Gasteiger partial charge in [0.05, 0.1) is 12.0 Å². The lowest BCUT2D eigenvalue weighted by molar-refractivity contribution is 0.383. The zero-order valence-electron chi connectivity index (χ0n) is 49.0. The van der Waals surface area contributed by atoms with E-state index in [9.17, 15) is 5.26 Å². The molecule has 4 atom stereocenters. The lowest BCUT2D eigenvalue weighted by Crippen LogP contribution is -2.10. The summed E-state index contributed by atoms with van der Waals surface area (Å²) in [6, 6.07) is 2.88. The van der Waals surface area contributed by atoms with Crippen molar-refractivity contribution in [3.8, 4) is 6.07 Å². The fourth-order valence-electron chi connectivity index (χ4n) is 12.4. The van der Waals surface area contributed by atoms with Crippen molar-refractivity contribution in [3.05, 3.63) is 22.3 Å². The molecule has 0 fully saturated rings. The Morgan fingerprint density at radius 1 is 0.304 bits per heavy atom. The first-order valence-corrected chi connectivity index (χ1v) is 32.8. The minimum atomic E-state index is 0.0414. The number of unbranched alkanes of at least 4 members (excludes halogenated alkanes) is 36. The SMILES string of the molecule is CCCCCCCCCCC(CCCCCCCC)CC1=C(CC(CCCCCCCC)CCCCCCCCCC)C(CC(CCCCCCCC)CCCCCCCCCC)=C(C(C)C#N)C1. The van der Waals surface area contributed by atoms with E-state index in [0.29, 0.717) is 0 Å². The summed E-state index contributed by atoms with van der Waals surface area (Å²) in [5.74, 6) is 2.45. The molecule has 0 spiro atoms. The summed E-state index contributed by atoms with van der Waals surface area (Å²) in [6.07, 6.45) is 73.0. The van der Waals surface area contributed by atoms with Gasteiger partial charge in [-0.1, -0.05) is 355 Å². The Kier molecular flexibility index (Phi) is 48.3. The fraction of sp³-hybridized carbons (Fsp3) is 0.926. The maximum absolute atomic E-state index is 10.8. The first-order chi connectivity index (χ1) is 34.0. The molecular weight excluding hydrogens is 831 g/mol. The normalized spacial score (nSPS) is 14.8. The predicted octanol–water partition coefficient (Wildman–Crippen LogP) is 25.0. The molecule has 1 heteroatoms. The maximum atomic E-state index is 10.8. The highest BCUT2D eigenvalue weighted by Crippen LogP contribution is 2.47. The van der Waals surface area contributed by atoms with E-state index in [4.69, 9.17) is 0 Å². The monoisotopic (exact) mass is 960 g/mol. The standard InChI is InChI=1S/C68H129N/c1-8-14-20-26-32-35-41-45-51-62(50-44-38-29-23-17-11-4)56-65-59-66(61(7)60-69)68(58-64(54-47-40-31-25-19-13-6)55-49-43-37-34-28-22-16-10-3)67(65)57-63(52-46-39-30-24-18-12-5)53-48-42-36-33-27-21-15-9-2/h61-64H,8-59H2,1-7H3. The van der Waals surface area contributed by atoms with Crippen molar-refractivity contribution in [1.82, 2.24) is 0 Å². The lowest BCUT2D eigenvalue weighted by atomic mass is 9.80. The molecule has 0 aliphatic heterocycles. The van der Waals surface area contributed by atoms with Crippen molar-refractivity contribution in [1.29, 1.82) is 5.26 Å². The third kappa shape index (κ3) is 37.4.